The van der Waals surface area contributed by atoms with Crippen LogP contribution in [0.4, 0.5) is 10.1 Å². The first-order chi connectivity index (χ1) is 9.50. The smallest absolute Gasteiger partial charge is 0.264 e. The van der Waals surface area contributed by atoms with E-state index in [0.29, 0.717) is 24.2 Å². The Morgan fingerprint density at radius 2 is 1.90 bits per heavy atom. The van der Waals surface area contributed by atoms with Crippen LogP contribution in [0.2, 0.25) is 0 Å². The van der Waals surface area contributed by atoms with Gasteiger partial charge in [0, 0.05) is 6.54 Å². The molecule has 0 fully saturated rings. The Kier molecular flexibility index (Phi) is 3.01. The summed E-state index contributed by atoms with van der Waals surface area (Å²) in [4.78, 5) is 0.275. The van der Waals surface area contributed by atoms with Gasteiger partial charge in [0.05, 0.1) is 10.6 Å². The van der Waals surface area contributed by atoms with Crippen molar-refractivity contribution in [3.05, 3.63) is 59.4 Å². The van der Waals surface area contributed by atoms with Crippen molar-refractivity contribution in [1.29, 1.82) is 0 Å². The predicted octanol–water partition coefficient (Wildman–Crippen LogP) is 2.89. The third-order valence-corrected chi connectivity index (χ3v) is 5.54. The number of fused-ring (bicyclic) bond motifs is 1. The second-order valence-electron chi connectivity index (χ2n) is 4.87. The molecule has 0 aliphatic carbocycles. The standard InChI is InChI=1S/C15H14FNO2S/c1-11-4-2-3-5-15(11)20(18,19)17-9-8-12-6-7-13(16)10-14(12)17/h2-7,10H,8-9H2,1H3. The van der Waals surface area contributed by atoms with Crippen LogP contribution in [0.25, 0.3) is 0 Å². The van der Waals surface area contributed by atoms with Crippen molar-refractivity contribution >= 4 is 15.7 Å². The highest BCUT2D eigenvalue weighted by Gasteiger charge is 2.31. The molecule has 0 bridgehead atoms. The first-order valence-corrected chi connectivity index (χ1v) is 7.81. The van der Waals surface area contributed by atoms with Crippen LogP contribution in [0, 0.1) is 12.7 Å². The van der Waals surface area contributed by atoms with Crippen molar-refractivity contribution in [2.24, 2.45) is 0 Å². The van der Waals surface area contributed by atoms with Crippen LogP contribution in [0.5, 0.6) is 0 Å². The molecule has 3 nitrogen and oxygen atoms in total. The van der Waals surface area contributed by atoms with Gasteiger partial charge >= 0.3 is 0 Å². The zero-order valence-corrected chi connectivity index (χ0v) is 11.8. The minimum atomic E-state index is -3.63. The lowest BCUT2D eigenvalue weighted by Gasteiger charge is -2.20. The Morgan fingerprint density at radius 1 is 1.15 bits per heavy atom. The Hall–Kier alpha value is -1.88. The van der Waals surface area contributed by atoms with Gasteiger partial charge in [-0.2, -0.15) is 0 Å². The molecule has 2 aromatic carbocycles. The molecule has 1 aliphatic heterocycles. The number of nitrogens with zero attached hydrogens (tertiary/aromatic N) is 1. The average molecular weight is 291 g/mol. The molecule has 0 atom stereocenters. The minimum Gasteiger partial charge on any atom is -0.266 e. The van der Waals surface area contributed by atoms with Crippen LogP contribution in [-0.2, 0) is 16.4 Å². The maximum absolute atomic E-state index is 13.4. The Labute approximate surface area is 117 Å². The van der Waals surface area contributed by atoms with Gasteiger partial charge in [0.15, 0.2) is 0 Å². The third-order valence-electron chi connectivity index (χ3n) is 3.56. The van der Waals surface area contributed by atoms with Gasteiger partial charge in [0.1, 0.15) is 5.82 Å². The monoisotopic (exact) mass is 291 g/mol. The summed E-state index contributed by atoms with van der Waals surface area (Å²) >= 11 is 0. The molecule has 5 heteroatoms. The van der Waals surface area contributed by atoms with Gasteiger partial charge in [-0.1, -0.05) is 24.3 Å². The van der Waals surface area contributed by atoms with E-state index in [1.807, 2.05) is 0 Å². The minimum absolute atomic E-state index is 0.275. The quantitative estimate of drug-likeness (QED) is 0.853. The van der Waals surface area contributed by atoms with E-state index in [0.717, 1.165) is 5.56 Å². The number of hydrogen-bond donors (Lipinski definition) is 0. The van der Waals surface area contributed by atoms with E-state index in [-0.39, 0.29) is 4.90 Å². The lowest BCUT2D eigenvalue weighted by Crippen LogP contribution is -2.29. The van der Waals surface area contributed by atoms with Crippen LogP contribution in [0.1, 0.15) is 11.1 Å². The van der Waals surface area contributed by atoms with Gasteiger partial charge in [-0.15, -0.1) is 0 Å². The van der Waals surface area contributed by atoms with Crippen LogP contribution in [-0.4, -0.2) is 15.0 Å². The van der Waals surface area contributed by atoms with Crippen molar-refractivity contribution in [2.45, 2.75) is 18.2 Å². The molecular weight excluding hydrogens is 277 g/mol. The number of benzene rings is 2. The van der Waals surface area contributed by atoms with Gasteiger partial charge < -0.3 is 0 Å². The molecule has 1 heterocycles. The molecule has 1 aliphatic rings. The highest BCUT2D eigenvalue weighted by atomic mass is 32.2. The highest BCUT2D eigenvalue weighted by molar-refractivity contribution is 7.93. The lowest BCUT2D eigenvalue weighted by atomic mass is 10.2. The number of rotatable bonds is 2. The first kappa shape index (κ1) is 13.1. The summed E-state index contributed by atoms with van der Waals surface area (Å²) in [5, 5.41) is 0. The van der Waals surface area contributed by atoms with Gasteiger partial charge in [-0.3, -0.25) is 4.31 Å². The molecule has 0 unspecified atom stereocenters. The second-order valence-corrected chi connectivity index (χ2v) is 6.70. The van der Waals surface area contributed by atoms with Crippen LogP contribution in [0.15, 0.2) is 47.4 Å². The maximum Gasteiger partial charge on any atom is 0.264 e. The summed E-state index contributed by atoms with van der Waals surface area (Å²) in [6.07, 6.45) is 0.612. The van der Waals surface area contributed by atoms with Gasteiger partial charge in [0.2, 0.25) is 0 Å². The van der Waals surface area contributed by atoms with Crippen molar-refractivity contribution < 1.29 is 12.8 Å². The molecule has 0 aromatic heterocycles. The summed E-state index contributed by atoms with van der Waals surface area (Å²) in [6, 6.07) is 11.1. The van der Waals surface area contributed by atoms with Gasteiger partial charge in [-0.05, 0) is 42.7 Å². The topological polar surface area (TPSA) is 37.4 Å². The van der Waals surface area contributed by atoms with Crippen molar-refractivity contribution in [2.75, 3.05) is 10.8 Å². The van der Waals surface area contributed by atoms with Crippen molar-refractivity contribution in [1.82, 2.24) is 0 Å². The fourth-order valence-electron chi connectivity index (χ4n) is 2.54. The summed E-state index contributed by atoms with van der Waals surface area (Å²) in [7, 11) is -3.63. The van der Waals surface area contributed by atoms with Crippen molar-refractivity contribution in [3.8, 4) is 0 Å². The number of hydrogen-bond acceptors (Lipinski definition) is 2. The molecule has 0 N–H and O–H groups in total. The van der Waals surface area contributed by atoms with Gasteiger partial charge in [0.25, 0.3) is 10.0 Å². The van der Waals surface area contributed by atoms with E-state index in [4.69, 9.17) is 0 Å². The zero-order valence-electron chi connectivity index (χ0n) is 11.0. The van der Waals surface area contributed by atoms with E-state index in [2.05, 4.69) is 0 Å². The van der Waals surface area contributed by atoms with Crippen LogP contribution < -0.4 is 4.31 Å². The first-order valence-electron chi connectivity index (χ1n) is 6.37. The fraction of sp³-hybridized carbons (Fsp3) is 0.200. The molecule has 0 saturated carbocycles. The van der Waals surface area contributed by atoms with Crippen LogP contribution >= 0.6 is 0 Å². The van der Waals surface area contributed by atoms with E-state index in [1.165, 1.54) is 16.4 Å². The molecule has 2 aromatic rings. The zero-order chi connectivity index (χ0) is 14.3. The van der Waals surface area contributed by atoms with Crippen LogP contribution in [0.3, 0.4) is 0 Å². The van der Waals surface area contributed by atoms with E-state index in [1.54, 1.807) is 37.3 Å². The van der Waals surface area contributed by atoms with E-state index < -0.39 is 15.8 Å². The largest absolute Gasteiger partial charge is 0.266 e. The number of anilines is 1. The highest BCUT2D eigenvalue weighted by Crippen LogP contribution is 2.34. The SMILES string of the molecule is Cc1ccccc1S(=O)(=O)N1CCc2ccc(F)cc21. The molecule has 0 amide bonds. The molecule has 3 rings (SSSR count). The average Bonchev–Trinajstić information content (AvgIpc) is 2.82. The third kappa shape index (κ3) is 1.98. The molecular formula is C15H14FNO2S. The summed E-state index contributed by atoms with van der Waals surface area (Å²) in [5.41, 5.74) is 2.01. The predicted molar refractivity (Wildman–Crippen MR) is 75.8 cm³/mol. The molecule has 104 valence electrons. The second kappa shape index (κ2) is 4.59. The molecule has 20 heavy (non-hydrogen) atoms. The molecule has 0 radical (unpaired) electrons. The number of aryl methyl sites for hydroxylation is 1. The summed E-state index contributed by atoms with van der Waals surface area (Å²) in [5.74, 6) is -0.421. The Morgan fingerprint density at radius 3 is 2.65 bits per heavy atom. The Balaban J connectivity index is 2.12. The Bertz CT molecular complexity index is 771. The van der Waals surface area contributed by atoms with Crippen molar-refractivity contribution in [3.63, 3.8) is 0 Å². The lowest BCUT2D eigenvalue weighted by molar-refractivity contribution is 0.591. The van der Waals surface area contributed by atoms with E-state index >= 15 is 0 Å². The molecule has 0 saturated heterocycles. The number of halogens is 1. The van der Waals surface area contributed by atoms with E-state index in [9.17, 15) is 12.8 Å². The molecule has 0 spiro atoms. The van der Waals surface area contributed by atoms with Gasteiger partial charge in [-0.25, -0.2) is 12.8 Å². The summed E-state index contributed by atoms with van der Waals surface area (Å²) in [6.45, 7) is 2.12. The summed E-state index contributed by atoms with van der Waals surface area (Å²) < 4.78 is 40.1. The normalized spacial score (nSPS) is 14.4. The number of sulfonamides is 1. The maximum atomic E-state index is 13.4. The fourth-order valence-corrected chi connectivity index (χ4v) is 4.26.